The molecule has 2 N–H and O–H groups in total. The molecule has 4 rings (SSSR count). The Labute approximate surface area is 179 Å². The second-order valence-electron chi connectivity index (χ2n) is 6.60. The molecule has 6 nitrogen and oxygen atoms in total. The molecule has 156 valence electrons. The maximum atomic E-state index is 15.0. The van der Waals surface area contributed by atoms with E-state index < -0.39 is 23.2 Å². The molecule has 4 aromatic rings. The summed E-state index contributed by atoms with van der Waals surface area (Å²) in [6, 6.07) is 11.9. The lowest BCUT2D eigenvalue weighted by molar-refractivity contribution is -0.116. The van der Waals surface area contributed by atoms with Crippen LogP contribution in [-0.4, -0.2) is 26.9 Å². The van der Waals surface area contributed by atoms with Gasteiger partial charge in [-0.15, -0.1) is 11.3 Å². The number of carboxylic acid groups (broad SMARTS) is 1. The number of carbonyl (C=O) groups excluding carboxylic acids is 1. The number of benzene rings is 2. The number of halogens is 2. The van der Waals surface area contributed by atoms with Crippen molar-refractivity contribution >= 4 is 46.3 Å². The lowest BCUT2D eigenvalue weighted by atomic mass is 10.1. The Balaban J connectivity index is 1.75. The molecule has 2 heterocycles. The normalized spacial score (nSPS) is 11.3. The number of aromatic nitrogens is 2. The van der Waals surface area contributed by atoms with Gasteiger partial charge in [-0.1, -0.05) is 24.3 Å². The van der Waals surface area contributed by atoms with Gasteiger partial charge in [0.1, 0.15) is 11.6 Å². The first-order chi connectivity index (χ1) is 14.9. The van der Waals surface area contributed by atoms with Crippen LogP contribution in [0.4, 0.5) is 8.78 Å². The molecule has 0 aliphatic heterocycles. The number of nitrogens with zero attached hydrogens (tertiary/aromatic N) is 2. The molecule has 0 fully saturated rings. The van der Waals surface area contributed by atoms with E-state index in [4.69, 9.17) is 0 Å². The van der Waals surface area contributed by atoms with Crippen molar-refractivity contribution in [2.45, 2.75) is 6.42 Å². The highest BCUT2D eigenvalue weighted by molar-refractivity contribution is 7.10. The number of rotatable bonds is 6. The molecule has 0 saturated heterocycles. The van der Waals surface area contributed by atoms with Gasteiger partial charge in [0.25, 0.3) is 0 Å². The van der Waals surface area contributed by atoms with Gasteiger partial charge < -0.3 is 5.11 Å². The number of thiophene rings is 1. The van der Waals surface area contributed by atoms with Gasteiger partial charge in [0.15, 0.2) is 0 Å². The molecule has 0 unspecified atom stereocenters. The van der Waals surface area contributed by atoms with Crippen molar-refractivity contribution in [2.24, 2.45) is 0 Å². The summed E-state index contributed by atoms with van der Waals surface area (Å²) in [6.45, 7) is 0. The molecule has 9 heteroatoms. The first kappa shape index (κ1) is 20.4. The Hall–Kier alpha value is -3.85. The quantitative estimate of drug-likeness (QED) is 0.461. The average molecular weight is 439 g/mol. The molecule has 31 heavy (non-hydrogen) atoms. The van der Waals surface area contributed by atoms with Crippen LogP contribution in [-0.2, 0) is 11.2 Å². The topological polar surface area (TPSA) is 84.2 Å². The monoisotopic (exact) mass is 439 g/mol. The third kappa shape index (κ3) is 4.36. The van der Waals surface area contributed by atoms with Crippen molar-refractivity contribution in [2.75, 3.05) is 5.43 Å². The number of amides is 1. The first-order valence-electron chi connectivity index (χ1n) is 9.13. The minimum Gasteiger partial charge on any atom is -0.478 e. The van der Waals surface area contributed by atoms with Crippen molar-refractivity contribution < 1.29 is 23.5 Å². The number of hydrogen-bond acceptors (Lipinski definition) is 4. The van der Waals surface area contributed by atoms with Crippen molar-refractivity contribution in [3.63, 3.8) is 0 Å². The Bertz CT molecular complexity index is 1310. The van der Waals surface area contributed by atoms with Gasteiger partial charge in [-0.25, -0.2) is 19.0 Å². The molecule has 0 atom stereocenters. The van der Waals surface area contributed by atoms with Crippen LogP contribution in [0.5, 0.6) is 0 Å². The van der Waals surface area contributed by atoms with E-state index in [9.17, 15) is 23.5 Å². The molecular formula is C22H15F2N3O3S. The van der Waals surface area contributed by atoms with E-state index in [0.717, 1.165) is 15.7 Å². The van der Waals surface area contributed by atoms with Crippen LogP contribution in [0.1, 0.15) is 26.5 Å². The summed E-state index contributed by atoms with van der Waals surface area (Å²) < 4.78 is 28.4. The second-order valence-corrected chi connectivity index (χ2v) is 7.64. The summed E-state index contributed by atoms with van der Waals surface area (Å²) >= 11 is 1.43. The van der Waals surface area contributed by atoms with E-state index in [-0.39, 0.29) is 28.9 Å². The van der Waals surface area contributed by atoms with Crippen molar-refractivity contribution in [1.29, 1.82) is 0 Å². The Kier molecular flexibility index (Phi) is 5.59. The fourth-order valence-electron chi connectivity index (χ4n) is 3.08. The maximum Gasteiger partial charge on any atom is 0.338 e. The molecule has 0 saturated carbocycles. The molecule has 1 amide bonds. The molecule has 2 aromatic carbocycles. The zero-order chi connectivity index (χ0) is 22.0. The summed E-state index contributed by atoms with van der Waals surface area (Å²) in [5, 5.41) is 15.3. The second kappa shape index (κ2) is 8.49. The zero-order valence-electron chi connectivity index (χ0n) is 15.9. The van der Waals surface area contributed by atoms with E-state index in [1.807, 2.05) is 17.5 Å². The molecule has 0 radical (unpaired) electrons. The number of carbonyl (C=O) groups is 2. The predicted octanol–water partition coefficient (Wildman–Crippen LogP) is 4.56. The van der Waals surface area contributed by atoms with Gasteiger partial charge in [0.05, 0.1) is 28.6 Å². The largest absolute Gasteiger partial charge is 0.478 e. The average Bonchev–Trinajstić information content (AvgIpc) is 3.35. The first-order valence-corrected chi connectivity index (χ1v) is 10.0. The number of carboxylic acids is 1. The number of nitrogens with one attached hydrogen (secondary N) is 1. The van der Waals surface area contributed by atoms with E-state index >= 15 is 0 Å². The molecule has 2 aromatic heterocycles. The van der Waals surface area contributed by atoms with Crippen LogP contribution < -0.4 is 5.43 Å². The number of hydrogen-bond donors (Lipinski definition) is 2. The van der Waals surface area contributed by atoms with E-state index in [0.29, 0.717) is 5.56 Å². The molecule has 0 aliphatic carbocycles. The van der Waals surface area contributed by atoms with Gasteiger partial charge in [-0.2, -0.15) is 9.89 Å². The molecule has 0 spiro atoms. The number of aromatic carboxylic acids is 1. The van der Waals surface area contributed by atoms with Gasteiger partial charge in [0.2, 0.25) is 5.91 Å². The van der Waals surface area contributed by atoms with Crippen LogP contribution in [0.2, 0.25) is 0 Å². The lowest BCUT2D eigenvalue weighted by Gasteiger charge is -2.06. The van der Waals surface area contributed by atoms with Crippen molar-refractivity contribution in [3.8, 4) is 0 Å². The molecule has 0 bridgehead atoms. The minimum absolute atomic E-state index is 0.0658. The predicted molar refractivity (Wildman–Crippen MR) is 114 cm³/mol. The fraction of sp³-hybridized carbons (Fsp3) is 0.0455. The molecular weight excluding hydrogens is 424 g/mol. The highest BCUT2D eigenvalue weighted by atomic mass is 32.1. The van der Waals surface area contributed by atoms with Gasteiger partial charge in [0, 0.05) is 4.88 Å². The van der Waals surface area contributed by atoms with Crippen LogP contribution in [0.15, 0.2) is 53.9 Å². The minimum atomic E-state index is -1.42. The highest BCUT2D eigenvalue weighted by Gasteiger charge is 2.20. The highest BCUT2D eigenvalue weighted by Crippen LogP contribution is 2.26. The van der Waals surface area contributed by atoms with E-state index in [1.54, 1.807) is 6.07 Å². The SMILES string of the molecule is O=C(Cc1cccs1)Nn1nc(/C=C/c2cccc(F)c2)c2c(F)c(C(=O)O)ccc21. The summed E-state index contributed by atoms with van der Waals surface area (Å²) in [4.78, 5) is 25.7. The van der Waals surface area contributed by atoms with Gasteiger partial charge >= 0.3 is 5.97 Å². The van der Waals surface area contributed by atoms with Crippen LogP contribution in [0.3, 0.4) is 0 Å². The van der Waals surface area contributed by atoms with E-state index in [1.165, 1.54) is 47.8 Å². The van der Waals surface area contributed by atoms with Crippen LogP contribution >= 0.6 is 11.3 Å². The third-order valence-corrected chi connectivity index (χ3v) is 5.35. The Morgan fingerprint density at radius 3 is 2.68 bits per heavy atom. The number of fused-ring (bicyclic) bond motifs is 1. The summed E-state index contributed by atoms with van der Waals surface area (Å²) in [7, 11) is 0. The smallest absolute Gasteiger partial charge is 0.338 e. The third-order valence-electron chi connectivity index (χ3n) is 4.47. The van der Waals surface area contributed by atoms with Crippen molar-refractivity contribution in [3.05, 3.63) is 87.2 Å². The van der Waals surface area contributed by atoms with Crippen molar-refractivity contribution in [1.82, 2.24) is 9.89 Å². The van der Waals surface area contributed by atoms with E-state index in [2.05, 4.69) is 10.5 Å². The zero-order valence-corrected chi connectivity index (χ0v) is 16.7. The van der Waals surface area contributed by atoms with Crippen LogP contribution in [0.25, 0.3) is 23.1 Å². The Morgan fingerprint density at radius 1 is 1.13 bits per heavy atom. The fourth-order valence-corrected chi connectivity index (χ4v) is 3.78. The molecule has 0 aliphatic rings. The summed E-state index contributed by atoms with van der Waals surface area (Å²) in [6.07, 6.45) is 3.08. The summed E-state index contributed by atoms with van der Waals surface area (Å²) in [5.74, 6) is -3.19. The Morgan fingerprint density at radius 2 is 1.97 bits per heavy atom. The lowest BCUT2D eigenvalue weighted by Crippen LogP contribution is -2.25. The van der Waals surface area contributed by atoms with Gasteiger partial charge in [-0.3, -0.25) is 4.79 Å². The summed E-state index contributed by atoms with van der Waals surface area (Å²) in [5.41, 5.74) is 2.88. The van der Waals surface area contributed by atoms with Crippen LogP contribution in [0, 0.1) is 11.6 Å². The maximum absolute atomic E-state index is 15.0. The van der Waals surface area contributed by atoms with Gasteiger partial charge in [-0.05, 0) is 47.4 Å². The standard InChI is InChI=1S/C22H15F2N3O3S/c23-14-4-1-3-13(11-14)6-8-17-20-18(9-7-16(21(20)24)22(29)30)27(25-17)26-19(28)12-15-5-2-10-31-15/h1-11H,12H2,(H,26,28)(H,29,30)/b8-6+.